The molecule has 0 aromatic carbocycles. The van der Waals surface area contributed by atoms with Gasteiger partial charge in [-0.2, -0.15) is 0 Å². The van der Waals surface area contributed by atoms with Crippen LogP contribution >= 0.6 is 0 Å². The van der Waals surface area contributed by atoms with Crippen molar-refractivity contribution in [1.82, 2.24) is 0 Å². The van der Waals surface area contributed by atoms with E-state index < -0.39 is 0 Å². The zero-order valence-corrected chi connectivity index (χ0v) is 10.9. The van der Waals surface area contributed by atoms with Crippen molar-refractivity contribution in [3.63, 3.8) is 0 Å². The third-order valence-electron chi connectivity index (χ3n) is 5.85. The van der Waals surface area contributed by atoms with Gasteiger partial charge in [0.25, 0.3) is 0 Å². The van der Waals surface area contributed by atoms with Crippen molar-refractivity contribution in [1.29, 1.82) is 0 Å². The molecule has 0 spiro atoms. The Bertz CT molecular complexity index is 450. The fourth-order valence-electron chi connectivity index (χ4n) is 4.85. The molecule has 0 aliphatic heterocycles. The molecule has 4 bridgehead atoms. The maximum atomic E-state index is 12.6. The van der Waals surface area contributed by atoms with Gasteiger partial charge in [-0.25, -0.2) is 0 Å². The maximum Gasteiger partial charge on any atom is 0.143 e. The highest BCUT2D eigenvalue weighted by Gasteiger charge is 2.70. The second-order valence-electron chi connectivity index (χ2n) is 6.85. The Labute approximate surface area is 102 Å². The molecule has 0 radical (unpaired) electrons. The Morgan fingerprint density at radius 1 is 1.29 bits per heavy atom. The summed E-state index contributed by atoms with van der Waals surface area (Å²) in [6.07, 6.45) is 2.24. The summed E-state index contributed by atoms with van der Waals surface area (Å²) in [6.45, 7) is 10.2. The van der Waals surface area contributed by atoms with Crippen molar-refractivity contribution in [2.75, 3.05) is 0 Å². The predicted molar refractivity (Wildman–Crippen MR) is 65.4 cm³/mol. The van der Waals surface area contributed by atoms with E-state index >= 15 is 0 Å². The molecule has 4 aliphatic rings. The van der Waals surface area contributed by atoms with E-state index in [4.69, 9.17) is 0 Å². The van der Waals surface area contributed by atoms with Crippen LogP contribution < -0.4 is 0 Å². The molecule has 1 unspecified atom stereocenters. The van der Waals surface area contributed by atoms with Crippen LogP contribution in [-0.2, 0) is 9.59 Å². The molecular weight excluding hydrogens is 212 g/mol. The van der Waals surface area contributed by atoms with Gasteiger partial charge in [-0.05, 0) is 31.6 Å². The number of hydrogen-bond acceptors (Lipinski definition) is 2. The monoisotopic (exact) mass is 232 g/mol. The van der Waals surface area contributed by atoms with Crippen molar-refractivity contribution in [2.24, 2.45) is 28.6 Å². The van der Waals surface area contributed by atoms with Crippen LogP contribution in [0, 0.1) is 28.6 Å². The average molecular weight is 232 g/mol. The third-order valence-corrected chi connectivity index (χ3v) is 5.85. The molecule has 0 saturated heterocycles. The van der Waals surface area contributed by atoms with E-state index in [-0.39, 0.29) is 22.7 Å². The number of fused-ring (bicyclic) bond motifs is 1. The van der Waals surface area contributed by atoms with Crippen molar-refractivity contribution >= 4 is 11.6 Å². The Balaban J connectivity index is 2.11. The molecule has 2 heteroatoms. The van der Waals surface area contributed by atoms with Crippen LogP contribution in [0.1, 0.15) is 40.0 Å². The van der Waals surface area contributed by atoms with Crippen LogP contribution in [0.3, 0.4) is 0 Å². The van der Waals surface area contributed by atoms with E-state index in [1.54, 1.807) is 0 Å². The van der Waals surface area contributed by atoms with Crippen molar-refractivity contribution < 1.29 is 9.59 Å². The van der Waals surface area contributed by atoms with E-state index in [0.717, 1.165) is 18.4 Å². The molecule has 0 aromatic rings. The lowest BCUT2D eigenvalue weighted by molar-refractivity contribution is -0.154. The van der Waals surface area contributed by atoms with Crippen LogP contribution in [0.5, 0.6) is 0 Å². The van der Waals surface area contributed by atoms with Crippen LogP contribution in [0.25, 0.3) is 0 Å². The highest BCUT2D eigenvalue weighted by Crippen LogP contribution is 2.67. The topological polar surface area (TPSA) is 34.1 Å². The van der Waals surface area contributed by atoms with Gasteiger partial charge in [-0.15, -0.1) is 0 Å². The van der Waals surface area contributed by atoms with Crippen LogP contribution in [0.2, 0.25) is 0 Å². The van der Waals surface area contributed by atoms with E-state index in [1.165, 1.54) is 0 Å². The first-order chi connectivity index (χ1) is 7.80. The molecule has 0 heterocycles. The van der Waals surface area contributed by atoms with Gasteiger partial charge in [0, 0.05) is 23.2 Å². The summed E-state index contributed by atoms with van der Waals surface area (Å²) in [7, 11) is 0. The quantitative estimate of drug-likeness (QED) is 0.651. The number of allylic oxidation sites excluding steroid dienone is 1. The number of hydrogen-bond donors (Lipinski definition) is 0. The first-order valence-corrected chi connectivity index (χ1v) is 6.54. The highest BCUT2D eigenvalue weighted by molar-refractivity contribution is 6.02. The minimum Gasteiger partial charge on any atom is -0.299 e. The highest BCUT2D eigenvalue weighted by atomic mass is 16.1. The molecule has 2 nitrogen and oxygen atoms in total. The zero-order valence-electron chi connectivity index (χ0n) is 10.9. The zero-order chi connectivity index (χ0) is 12.6. The molecule has 4 rings (SSSR count). The number of Topliss-reactive ketones (excluding diaryl/α,β-unsaturated/α-hetero) is 2. The maximum absolute atomic E-state index is 12.6. The standard InChI is InChI=1S/C15H20O2/c1-8(2)9-5-11-14(3)6-10(9)13(17)15(11,4)7-12(14)16/h9-11H,1,5-7H2,2-4H3/t9-,10?,11+,14+,15+/m0/s1. The van der Waals surface area contributed by atoms with Crippen molar-refractivity contribution in [3.05, 3.63) is 12.2 Å². The number of carbonyl (C=O) groups is 2. The largest absolute Gasteiger partial charge is 0.299 e. The normalized spacial score (nSPS) is 52.1. The molecule has 92 valence electrons. The smallest absolute Gasteiger partial charge is 0.143 e. The minimum absolute atomic E-state index is 0.0546. The van der Waals surface area contributed by atoms with Gasteiger partial charge in [-0.3, -0.25) is 9.59 Å². The summed E-state index contributed by atoms with van der Waals surface area (Å²) in [5.41, 5.74) is 0.534. The van der Waals surface area contributed by atoms with Gasteiger partial charge in [0.15, 0.2) is 0 Å². The van der Waals surface area contributed by atoms with E-state index in [0.29, 0.717) is 23.9 Å². The van der Waals surface area contributed by atoms with Crippen LogP contribution in [-0.4, -0.2) is 11.6 Å². The molecule has 4 aliphatic carbocycles. The fraction of sp³-hybridized carbons (Fsp3) is 0.733. The molecule has 4 saturated carbocycles. The summed E-state index contributed by atoms with van der Waals surface area (Å²) in [4.78, 5) is 24.8. The van der Waals surface area contributed by atoms with Crippen LogP contribution in [0.15, 0.2) is 12.2 Å². The molecule has 0 amide bonds. The lowest BCUT2D eigenvalue weighted by Crippen LogP contribution is -2.56. The Morgan fingerprint density at radius 3 is 2.53 bits per heavy atom. The van der Waals surface area contributed by atoms with Gasteiger partial charge in [0.2, 0.25) is 0 Å². The minimum atomic E-state index is -0.360. The summed E-state index contributed by atoms with van der Waals surface area (Å²) in [6, 6.07) is 0. The van der Waals surface area contributed by atoms with Gasteiger partial charge >= 0.3 is 0 Å². The van der Waals surface area contributed by atoms with Gasteiger partial charge in [0.05, 0.1) is 0 Å². The SMILES string of the molecule is C=C(C)[C@@H]1C[C@@H]2[C@@]3(C)CC1C(=O)[C@]2(C)CC3=O. The van der Waals surface area contributed by atoms with Crippen molar-refractivity contribution in [3.8, 4) is 0 Å². The summed E-state index contributed by atoms with van der Waals surface area (Å²) in [5.74, 6) is 1.28. The molecule has 5 atom stereocenters. The number of rotatable bonds is 1. The Kier molecular flexibility index (Phi) is 1.91. The first kappa shape index (κ1) is 11.2. The van der Waals surface area contributed by atoms with E-state index in [1.807, 2.05) is 13.8 Å². The predicted octanol–water partition coefficient (Wildman–Crippen LogP) is 2.77. The lowest BCUT2D eigenvalue weighted by atomic mass is 9.47. The molecule has 4 fully saturated rings. The summed E-state index contributed by atoms with van der Waals surface area (Å²) in [5, 5.41) is 0. The molecule has 0 N–H and O–H groups in total. The Morgan fingerprint density at radius 2 is 1.94 bits per heavy atom. The molecule has 17 heavy (non-hydrogen) atoms. The fourth-order valence-corrected chi connectivity index (χ4v) is 4.85. The average Bonchev–Trinajstić information content (AvgIpc) is 2.40. The van der Waals surface area contributed by atoms with Crippen molar-refractivity contribution in [2.45, 2.75) is 40.0 Å². The van der Waals surface area contributed by atoms with E-state index in [9.17, 15) is 9.59 Å². The van der Waals surface area contributed by atoms with Gasteiger partial charge < -0.3 is 0 Å². The van der Waals surface area contributed by atoms with Gasteiger partial charge in [0.1, 0.15) is 11.6 Å². The molecular formula is C15H20O2. The molecule has 0 aromatic heterocycles. The second kappa shape index (κ2) is 2.90. The van der Waals surface area contributed by atoms with E-state index in [2.05, 4.69) is 13.5 Å². The lowest BCUT2D eigenvalue weighted by Gasteiger charge is -2.54. The van der Waals surface area contributed by atoms with Gasteiger partial charge in [-0.1, -0.05) is 26.0 Å². The first-order valence-electron chi connectivity index (χ1n) is 6.54. The van der Waals surface area contributed by atoms with Crippen LogP contribution in [0.4, 0.5) is 0 Å². The summed E-state index contributed by atoms with van der Waals surface area (Å²) >= 11 is 0. The second-order valence-corrected chi connectivity index (χ2v) is 6.85. The Hall–Kier alpha value is -0.920. The third kappa shape index (κ3) is 1.07. The summed E-state index contributed by atoms with van der Waals surface area (Å²) < 4.78 is 0. The number of ketones is 2. The number of carbonyl (C=O) groups excluding carboxylic acids is 2.